The van der Waals surface area contributed by atoms with Crippen LogP contribution >= 0.6 is 0 Å². The molecule has 1 aromatic rings. The zero-order chi connectivity index (χ0) is 16.0. The minimum absolute atomic E-state index is 0.299. The van der Waals surface area contributed by atoms with Gasteiger partial charge < -0.3 is 9.84 Å². The quantitative estimate of drug-likeness (QED) is 0.817. The van der Waals surface area contributed by atoms with Gasteiger partial charge in [-0.25, -0.2) is 9.18 Å². The molecule has 0 aliphatic heterocycles. The van der Waals surface area contributed by atoms with Crippen LogP contribution in [0.25, 0.3) is 0 Å². The molecule has 0 heterocycles. The number of aliphatic carboxylic acids is 1. The van der Waals surface area contributed by atoms with Gasteiger partial charge in [-0.15, -0.1) is 0 Å². The molecule has 6 nitrogen and oxygen atoms in total. The van der Waals surface area contributed by atoms with E-state index in [9.17, 15) is 14.0 Å². The van der Waals surface area contributed by atoms with Gasteiger partial charge in [0.2, 0.25) is 0 Å². The second kappa shape index (κ2) is 7.03. The minimum Gasteiger partial charge on any atom is -0.481 e. The average Bonchev–Trinajstić information content (AvgIpc) is 2.31. The van der Waals surface area contributed by atoms with Crippen LogP contribution in [0.15, 0.2) is 24.3 Å². The molecule has 0 radical (unpaired) electrons. The molecule has 1 atom stereocenters. The van der Waals surface area contributed by atoms with Gasteiger partial charge in [-0.05, 0) is 38.5 Å². The number of carbonyl (C=O) groups excluding carboxylic acids is 1. The monoisotopic (exact) mass is 299 g/mol. The molecule has 2 N–H and O–H groups in total. The standard InChI is InChI=1S/C14H18FNO5/c1-14(2,3)20-13(19)16-21-11(8-12(17)18)9-5-4-6-10(15)7-9/h4-7,11H,8H2,1-3H3,(H,16,19)(H,17,18). The van der Waals surface area contributed by atoms with Crippen molar-refractivity contribution in [3.8, 4) is 0 Å². The van der Waals surface area contributed by atoms with Crippen molar-refractivity contribution >= 4 is 12.1 Å². The number of benzene rings is 1. The fourth-order valence-corrected chi connectivity index (χ4v) is 1.51. The Morgan fingerprint density at radius 2 is 2.05 bits per heavy atom. The van der Waals surface area contributed by atoms with Crippen LogP contribution in [-0.2, 0) is 14.4 Å². The van der Waals surface area contributed by atoms with Gasteiger partial charge in [0.25, 0.3) is 0 Å². The van der Waals surface area contributed by atoms with E-state index in [1.165, 1.54) is 18.2 Å². The predicted octanol–water partition coefficient (Wildman–Crippen LogP) is 2.80. The highest BCUT2D eigenvalue weighted by Gasteiger charge is 2.21. The highest BCUT2D eigenvalue weighted by molar-refractivity contribution is 5.68. The van der Waals surface area contributed by atoms with Gasteiger partial charge >= 0.3 is 12.1 Å². The topological polar surface area (TPSA) is 84.9 Å². The molecule has 0 saturated carbocycles. The van der Waals surface area contributed by atoms with Crippen molar-refractivity contribution in [1.29, 1.82) is 0 Å². The second-order valence-corrected chi connectivity index (χ2v) is 5.36. The molecular weight excluding hydrogens is 281 g/mol. The molecule has 1 amide bonds. The first-order valence-corrected chi connectivity index (χ1v) is 6.29. The summed E-state index contributed by atoms with van der Waals surface area (Å²) in [4.78, 5) is 27.3. The summed E-state index contributed by atoms with van der Waals surface area (Å²) < 4.78 is 18.1. The fraction of sp³-hybridized carbons (Fsp3) is 0.429. The van der Waals surface area contributed by atoms with E-state index in [1.807, 2.05) is 5.48 Å². The van der Waals surface area contributed by atoms with Gasteiger partial charge in [-0.1, -0.05) is 12.1 Å². The zero-order valence-electron chi connectivity index (χ0n) is 12.1. The fourth-order valence-electron chi connectivity index (χ4n) is 1.51. The number of carbonyl (C=O) groups is 2. The third-order valence-corrected chi connectivity index (χ3v) is 2.26. The van der Waals surface area contributed by atoms with Crippen LogP contribution in [0.5, 0.6) is 0 Å². The van der Waals surface area contributed by atoms with Crippen LogP contribution in [-0.4, -0.2) is 22.8 Å². The average molecular weight is 299 g/mol. The van der Waals surface area contributed by atoms with Crippen LogP contribution in [0.3, 0.4) is 0 Å². The Morgan fingerprint density at radius 1 is 1.38 bits per heavy atom. The van der Waals surface area contributed by atoms with Crippen molar-refractivity contribution in [3.63, 3.8) is 0 Å². The molecule has 0 aromatic heterocycles. The molecule has 0 spiro atoms. The van der Waals surface area contributed by atoms with E-state index in [-0.39, 0.29) is 0 Å². The van der Waals surface area contributed by atoms with Crippen LogP contribution in [0.1, 0.15) is 38.9 Å². The third kappa shape index (κ3) is 6.71. The van der Waals surface area contributed by atoms with Crippen molar-refractivity contribution in [2.24, 2.45) is 0 Å². The Bertz CT molecular complexity index is 512. The van der Waals surface area contributed by atoms with Gasteiger partial charge in [0.1, 0.15) is 17.5 Å². The van der Waals surface area contributed by atoms with Gasteiger partial charge in [0.05, 0.1) is 6.42 Å². The van der Waals surface area contributed by atoms with E-state index in [0.717, 1.165) is 6.07 Å². The molecule has 0 aliphatic carbocycles. The number of carboxylic acids is 1. The Kier molecular flexibility index (Phi) is 5.66. The van der Waals surface area contributed by atoms with Crippen LogP contribution in [0, 0.1) is 5.82 Å². The number of hydrogen-bond donors (Lipinski definition) is 2. The molecule has 21 heavy (non-hydrogen) atoms. The number of carboxylic acid groups (broad SMARTS) is 1. The van der Waals surface area contributed by atoms with E-state index in [2.05, 4.69) is 0 Å². The summed E-state index contributed by atoms with van der Waals surface area (Å²) in [6.07, 6.45) is -2.31. The second-order valence-electron chi connectivity index (χ2n) is 5.36. The zero-order valence-corrected chi connectivity index (χ0v) is 12.1. The lowest BCUT2D eigenvalue weighted by atomic mass is 10.1. The number of ether oxygens (including phenoxy) is 1. The Hall–Kier alpha value is -2.15. The number of amides is 1. The number of nitrogens with one attached hydrogen (secondary N) is 1. The molecule has 1 unspecified atom stereocenters. The Balaban J connectivity index is 2.71. The first kappa shape index (κ1) is 16.9. The van der Waals surface area contributed by atoms with Crippen LogP contribution < -0.4 is 5.48 Å². The van der Waals surface area contributed by atoms with Gasteiger partial charge in [0, 0.05) is 0 Å². The number of rotatable bonds is 5. The van der Waals surface area contributed by atoms with Crippen molar-refractivity contribution in [2.45, 2.75) is 38.9 Å². The van der Waals surface area contributed by atoms with Gasteiger partial charge in [-0.2, -0.15) is 5.48 Å². The summed E-state index contributed by atoms with van der Waals surface area (Å²) in [5.74, 6) is -1.67. The largest absolute Gasteiger partial charge is 0.481 e. The molecule has 7 heteroatoms. The van der Waals surface area contributed by atoms with E-state index >= 15 is 0 Å². The lowest BCUT2D eigenvalue weighted by molar-refractivity contribution is -0.142. The molecular formula is C14H18FNO5. The van der Waals surface area contributed by atoms with Gasteiger partial charge in [-0.3, -0.25) is 9.63 Å². The van der Waals surface area contributed by atoms with Crippen molar-refractivity contribution in [2.75, 3.05) is 0 Å². The predicted molar refractivity (Wildman–Crippen MR) is 71.8 cm³/mol. The number of halogens is 1. The molecule has 0 bridgehead atoms. The third-order valence-electron chi connectivity index (χ3n) is 2.26. The van der Waals surface area contributed by atoms with Crippen molar-refractivity contribution in [3.05, 3.63) is 35.6 Å². The van der Waals surface area contributed by atoms with Crippen molar-refractivity contribution < 1.29 is 28.7 Å². The first-order chi connectivity index (χ1) is 9.67. The molecule has 0 fully saturated rings. The SMILES string of the molecule is CC(C)(C)OC(=O)NOC(CC(=O)O)c1cccc(F)c1. The smallest absolute Gasteiger partial charge is 0.431 e. The first-order valence-electron chi connectivity index (χ1n) is 6.29. The maximum Gasteiger partial charge on any atom is 0.431 e. The van der Waals surface area contributed by atoms with E-state index in [1.54, 1.807) is 20.8 Å². The molecule has 1 rings (SSSR count). The minimum atomic E-state index is -1.14. The van der Waals surface area contributed by atoms with E-state index in [4.69, 9.17) is 14.7 Å². The number of hydrogen-bond acceptors (Lipinski definition) is 4. The van der Waals surface area contributed by atoms with Crippen LogP contribution in [0.2, 0.25) is 0 Å². The summed E-state index contributed by atoms with van der Waals surface area (Å²) in [7, 11) is 0. The van der Waals surface area contributed by atoms with Crippen molar-refractivity contribution in [1.82, 2.24) is 5.48 Å². The molecule has 1 aromatic carbocycles. The normalized spacial score (nSPS) is 12.6. The molecule has 0 aliphatic rings. The molecule has 116 valence electrons. The summed E-state index contributed by atoms with van der Waals surface area (Å²) >= 11 is 0. The molecule has 0 saturated heterocycles. The lowest BCUT2D eigenvalue weighted by Gasteiger charge is -2.21. The summed E-state index contributed by atoms with van der Waals surface area (Å²) in [6.45, 7) is 5.02. The summed E-state index contributed by atoms with van der Waals surface area (Å²) in [5.41, 5.74) is 1.60. The Labute approximate surface area is 121 Å². The highest BCUT2D eigenvalue weighted by atomic mass is 19.1. The van der Waals surface area contributed by atoms with Crippen LogP contribution in [0.4, 0.5) is 9.18 Å². The maximum absolute atomic E-state index is 13.2. The summed E-state index contributed by atoms with van der Waals surface area (Å²) in [5, 5.41) is 8.85. The van der Waals surface area contributed by atoms with E-state index in [0.29, 0.717) is 5.56 Å². The highest BCUT2D eigenvalue weighted by Crippen LogP contribution is 2.21. The maximum atomic E-state index is 13.2. The van der Waals surface area contributed by atoms with Gasteiger partial charge in [0.15, 0.2) is 0 Å². The summed E-state index contributed by atoms with van der Waals surface area (Å²) in [6, 6.07) is 5.30. The number of hydroxylamine groups is 1. The lowest BCUT2D eigenvalue weighted by Crippen LogP contribution is -2.33. The van der Waals surface area contributed by atoms with E-state index < -0.39 is 36.0 Å². The Morgan fingerprint density at radius 3 is 2.57 bits per heavy atom.